The van der Waals surface area contributed by atoms with Crippen molar-refractivity contribution < 1.29 is 9.53 Å². The minimum atomic E-state index is -0.817. The summed E-state index contributed by atoms with van der Waals surface area (Å²) in [5, 5.41) is 16.7. The molecule has 0 bridgehead atoms. The highest BCUT2D eigenvalue weighted by molar-refractivity contribution is 5.86. The van der Waals surface area contributed by atoms with Gasteiger partial charge >= 0.3 is 0 Å². The van der Waals surface area contributed by atoms with Crippen LogP contribution < -0.4 is 11.1 Å². The lowest BCUT2D eigenvalue weighted by atomic mass is 9.90. The van der Waals surface area contributed by atoms with Crippen molar-refractivity contribution in [3.05, 3.63) is 29.8 Å². The molecule has 0 radical (unpaired) electrons. The van der Waals surface area contributed by atoms with Gasteiger partial charge in [0.25, 0.3) is 0 Å². The first-order chi connectivity index (χ1) is 10.7. The summed E-state index contributed by atoms with van der Waals surface area (Å²) >= 11 is 0. The minimum absolute atomic E-state index is 0.127. The number of aromatic amines is 1. The number of nitrogens with one attached hydrogen (secondary N) is 2. The van der Waals surface area contributed by atoms with Crippen LogP contribution in [0.2, 0.25) is 0 Å². The fourth-order valence-electron chi connectivity index (χ4n) is 2.38. The van der Waals surface area contributed by atoms with E-state index >= 15 is 0 Å². The second-order valence-corrected chi connectivity index (χ2v) is 5.38. The Labute approximate surface area is 127 Å². The Morgan fingerprint density at radius 3 is 2.68 bits per heavy atom. The van der Waals surface area contributed by atoms with E-state index in [1.54, 1.807) is 0 Å². The lowest BCUT2D eigenvalue weighted by Gasteiger charge is -2.31. The largest absolute Gasteiger partial charge is 0.381 e. The minimum Gasteiger partial charge on any atom is -0.381 e. The zero-order valence-corrected chi connectivity index (χ0v) is 12.1. The molecule has 0 aliphatic carbocycles. The first-order valence-electron chi connectivity index (χ1n) is 7.15. The van der Waals surface area contributed by atoms with Crippen LogP contribution in [0.3, 0.4) is 0 Å². The van der Waals surface area contributed by atoms with Gasteiger partial charge in [0, 0.05) is 25.3 Å². The van der Waals surface area contributed by atoms with Crippen LogP contribution in [-0.2, 0) is 16.1 Å². The third-order valence-electron chi connectivity index (χ3n) is 3.85. The van der Waals surface area contributed by atoms with Crippen molar-refractivity contribution in [2.75, 3.05) is 13.2 Å². The van der Waals surface area contributed by atoms with Gasteiger partial charge in [0.1, 0.15) is 0 Å². The molecule has 3 rings (SSSR count). The Bertz CT molecular complexity index is 619. The molecule has 1 amide bonds. The van der Waals surface area contributed by atoms with Crippen molar-refractivity contribution in [1.29, 1.82) is 0 Å². The molecule has 1 aromatic heterocycles. The van der Waals surface area contributed by atoms with E-state index in [4.69, 9.17) is 10.5 Å². The van der Waals surface area contributed by atoms with Crippen molar-refractivity contribution in [2.45, 2.75) is 24.9 Å². The topological polar surface area (TPSA) is 119 Å². The molecular weight excluding hydrogens is 284 g/mol. The van der Waals surface area contributed by atoms with Crippen LogP contribution in [-0.4, -0.2) is 45.3 Å². The molecule has 1 fully saturated rings. The zero-order chi connectivity index (χ0) is 15.4. The number of carbonyl (C=O) groups excluding carboxylic acids is 1. The summed E-state index contributed by atoms with van der Waals surface area (Å²) in [6, 6.07) is 7.61. The second-order valence-electron chi connectivity index (χ2n) is 5.38. The molecule has 0 atom stereocenters. The van der Waals surface area contributed by atoms with Crippen molar-refractivity contribution in [3.8, 4) is 11.4 Å². The molecule has 22 heavy (non-hydrogen) atoms. The van der Waals surface area contributed by atoms with E-state index in [1.165, 1.54) is 0 Å². The number of ether oxygens (including phenoxy) is 1. The van der Waals surface area contributed by atoms with Gasteiger partial charge in [-0.05, 0) is 23.6 Å². The Kier molecular flexibility index (Phi) is 4.12. The number of rotatable bonds is 4. The lowest BCUT2D eigenvalue weighted by molar-refractivity contribution is -0.129. The standard InChI is InChI=1S/C14H18N6O2/c15-14(5-7-22-8-6-14)13(21)16-9-10-1-3-11(4-2-10)12-17-19-20-18-12/h1-4H,5-9,15H2,(H,16,21)(H,17,18,19,20). The van der Waals surface area contributed by atoms with Crippen LogP contribution in [0.5, 0.6) is 0 Å². The van der Waals surface area contributed by atoms with E-state index in [9.17, 15) is 4.79 Å². The molecule has 1 aromatic carbocycles. The molecule has 8 nitrogen and oxygen atoms in total. The first-order valence-corrected chi connectivity index (χ1v) is 7.15. The Balaban J connectivity index is 1.58. The van der Waals surface area contributed by atoms with Gasteiger partial charge in [0.15, 0.2) is 0 Å². The molecule has 1 aliphatic rings. The number of nitrogens with two attached hydrogens (primary N) is 1. The number of hydrogen-bond donors (Lipinski definition) is 3. The van der Waals surface area contributed by atoms with Gasteiger partial charge in [0.2, 0.25) is 11.7 Å². The number of carbonyl (C=O) groups is 1. The van der Waals surface area contributed by atoms with Crippen LogP contribution >= 0.6 is 0 Å². The van der Waals surface area contributed by atoms with Crippen LogP contribution in [0.25, 0.3) is 11.4 Å². The van der Waals surface area contributed by atoms with Gasteiger partial charge in [-0.25, -0.2) is 0 Å². The SMILES string of the molecule is NC1(C(=O)NCc2ccc(-c3nn[nH]n3)cc2)CCOCC1. The predicted molar refractivity (Wildman–Crippen MR) is 78.4 cm³/mol. The first kappa shape index (κ1) is 14.6. The highest BCUT2D eigenvalue weighted by atomic mass is 16.5. The summed E-state index contributed by atoms with van der Waals surface area (Å²) in [7, 11) is 0. The molecule has 0 unspecified atom stereocenters. The lowest BCUT2D eigenvalue weighted by Crippen LogP contribution is -2.56. The number of amides is 1. The number of H-pyrrole nitrogens is 1. The fourth-order valence-corrected chi connectivity index (χ4v) is 2.38. The van der Waals surface area contributed by atoms with Gasteiger partial charge in [-0.2, -0.15) is 5.21 Å². The third kappa shape index (κ3) is 3.12. The highest BCUT2D eigenvalue weighted by Crippen LogP contribution is 2.18. The van der Waals surface area contributed by atoms with Crippen molar-refractivity contribution in [3.63, 3.8) is 0 Å². The van der Waals surface area contributed by atoms with Gasteiger partial charge < -0.3 is 15.8 Å². The maximum atomic E-state index is 12.2. The normalized spacial score (nSPS) is 17.1. The summed E-state index contributed by atoms with van der Waals surface area (Å²) in [6.45, 7) is 1.50. The number of nitrogens with zero attached hydrogens (tertiary/aromatic N) is 3. The monoisotopic (exact) mass is 302 g/mol. The zero-order valence-electron chi connectivity index (χ0n) is 12.1. The van der Waals surface area contributed by atoms with E-state index in [0.29, 0.717) is 38.4 Å². The van der Waals surface area contributed by atoms with Crippen LogP contribution in [0.15, 0.2) is 24.3 Å². The molecule has 1 saturated heterocycles. The molecule has 8 heteroatoms. The highest BCUT2D eigenvalue weighted by Gasteiger charge is 2.35. The van der Waals surface area contributed by atoms with Crippen molar-refractivity contribution >= 4 is 5.91 Å². The van der Waals surface area contributed by atoms with Crippen LogP contribution in [0.4, 0.5) is 0 Å². The third-order valence-corrected chi connectivity index (χ3v) is 3.85. The predicted octanol–water partition coefficient (Wildman–Crippen LogP) is -0.00920. The summed E-state index contributed by atoms with van der Waals surface area (Å²) in [4.78, 5) is 12.2. The van der Waals surface area contributed by atoms with Crippen LogP contribution in [0, 0.1) is 0 Å². The van der Waals surface area contributed by atoms with E-state index in [0.717, 1.165) is 11.1 Å². The smallest absolute Gasteiger partial charge is 0.240 e. The molecule has 4 N–H and O–H groups in total. The Morgan fingerprint density at radius 2 is 2.05 bits per heavy atom. The van der Waals surface area contributed by atoms with Gasteiger partial charge in [-0.3, -0.25) is 4.79 Å². The summed E-state index contributed by atoms with van der Waals surface area (Å²) in [5.41, 5.74) is 7.17. The molecule has 2 aromatic rings. The number of benzene rings is 1. The Morgan fingerprint density at radius 1 is 1.32 bits per heavy atom. The van der Waals surface area contributed by atoms with E-state index < -0.39 is 5.54 Å². The molecule has 0 saturated carbocycles. The fraction of sp³-hybridized carbons (Fsp3) is 0.429. The number of aromatic nitrogens is 4. The number of tetrazole rings is 1. The van der Waals surface area contributed by atoms with Gasteiger partial charge in [-0.15, -0.1) is 10.2 Å². The quantitative estimate of drug-likeness (QED) is 0.731. The van der Waals surface area contributed by atoms with Crippen molar-refractivity contribution in [2.24, 2.45) is 5.73 Å². The molecule has 1 aliphatic heterocycles. The Hall–Kier alpha value is -2.32. The molecule has 0 spiro atoms. The molecule has 116 valence electrons. The van der Waals surface area contributed by atoms with E-state index in [-0.39, 0.29) is 5.91 Å². The van der Waals surface area contributed by atoms with Gasteiger partial charge in [-0.1, -0.05) is 24.3 Å². The van der Waals surface area contributed by atoms with Crippen molar-refractivity contribution in [1.82, 2.24) is 25.9 Å². The van der Waals surface area contributed by atoms with E-state index in [2.05, 4.69) is 25.9 Å². The number of hydrogen-bond acceptors (Lipinski definition) is 6. The summed E-state index contributed by atoms with van der Waals surface area (Å²) < 4.78 is 5.25. The average molecular weight is 302 g/mol. The maximum Gasteiger partial charge on any atom is 0.240 e. The summed E-state index contributed by atoms with van der Waals surface area (Å²) in [6.07, 6.45) is 1.10. The second kappa shape index (κ2) is 6.20. The molecule has 2 heterocycles. The molecular formula is C14H18N6O2. The van der Waals surface area contributed by atoms with Gasteiger partial charge in [0.05, 0.1) is 5.54 Å². The maximum absolute atomic E-state index is 12.2. The van der Waals surface area contributed by atoms with Crippen LogP contribution in [0.1, 0.15) is 18.4 Å². The van der Waals surface area contributed by atoms with E-state index in [1.807, 2.05) is 24.3 Å². The average Bonchev–Trinajstić information content (AvgIpc) is 3.08. The summed E-state index contributed by atoms with van der Waals surface area (Å²) in [5.74, 6) is 0.414.